The Kier molecular flexibility index (Phi) is 8.71. The Bertz CT molecular complexity index is 1610. The van der Waals surface area contributed by atoms with Gasteiger partial charge in [-0.1, -0.05) is 53.7 Å². The number of nitrogens with one attached hydrogen (secondary N) is 1. The summed E-state index contributed by atoms with van der Waals surface area (Å²) in [5, 5.41) is 7.50. The van der Waals surface area contributed by atoms with Crippen LogP contribution in [-0.2, 0) is 0 Å². The van der Waals surface area contributed by atoms with Crippen LogP contribution in [0.15, 0.2) is 72.0 Å². The Morgan fingerprint density at radius 1 is 1.07 bits per heavy atom. The number of aliphatic imine (C=N–C) groups is 1. The molecule has 0 radical (unpaired) electrons. The van der Waals surface area contributed by atoms with Gasteiger partial charge in [-0.3, -0.25) is 0 Å². The van der Waals surface area contributed by atoms with E-state index in [1.807, 2.05) is 25.7 Å². The molecule has 4 aromatic rings. The van der Waals surface area contributed by atoms with Gasteiger partial charge in [-0.25, -0.2) is 18.9 Å². The van der Waals surface area contributed by atoms with Gasteiger partial charge in [-0.05, 0) is 61.7 Å². The molecular formula is C30H28F4N6O2S. The SMILES string of the molecule is Cc1cc(C)c(N2CCS/C2=N\C(=O)NCC(F)c2ccc(-c3ncn(-c4ccc(OC(F)(F)F)cc4)n3)cc2)c(C)c1. The van der Waals surface area contributed by atoms with E-state index >= 15 is 0 Å². The number of thioether (sulfide) groups is 1. The van der Waals surface area contributed by atoms with Gasteiger partial charge >= 0.3 is 12.4 Å². The molecule has 3 aromatic carbocycles. The number of aromatic nitrogens is 3. The highest BCUT2D eigenvalue weighted by Crippen LogP contribution is 2.32. The summed E-state index contributed by atoms with van der Waals surface area (Å²) in [5.41, 5.74) is 5.88. The lowest BCUT2D eigenvalue weighted by Crippen LogP contribution is -2.30. The van der Waals surface area contributed by atoms with Gasteiger partial charge in [0.15, 0.2) is 11.0 Å². The Labute approximate surface area is 249 Å². The van der Waals surface area contributed by atoms with E-state index in [9.17, 15) is 22.4 Å². The maximum absolute atomic E-state index is 15.0. The lowest BCUT2D eigenvalue weighted by Gasteiger charge is -2.23. The van der Waals surface area contributed by atoms with Crippen molar-refractivity contribution in [2.24, 2.45) is 4.99 Å². The first-order chi connectivity index (χ1) is 20.5. The normalized spacial score (nSPS) is 15.1. The molecule has 8 nitrogen and oxygen atoms in total. The zero-order chi connectivity index (χ0) is 30.7. The first-order valence-corrected chi connectivity index (χ1v) is 14.3. The van der Waals surface area contributed by atoms with Crippen molar-refractivity contribution in [1.82, 2.24) is 20.1 Å². The van der Waals surface area contributed by atoms with Crippen LogP contribution < -0.4 is 15.0 Å². The Balaban J connectivity index is 1.18. The highest BCUT2D eigenvalue weighted by atomic mass is 32.2. The number of nitrogens with zero attached hydrogens (tertiary/aromatic N) is 5. The molecule has 0 saturated carbocycles. The van der Waals surface area contributed by atoms with Crippen LogP contribution >= 0.6 is 11.8 Å². The van der Waals surface area contributed by atoms with Crippen molar-refractivity contribution in [3.8, 4) is 22.8 Å². The van der Waals surface area contributed by atoms with Gasteiger partial charge in [0.1, 0.15) is 18.2 Å². The fraction of sp³-hybridized carbons (Fsp3) is 0.267. The third kappa shape index (κ3) is 7.34. The average molecular weight is 613 g/mol. The van der Waals surface area contributed by atoms with Gasteiger partial charge in [0.2, 0.25) is 0 Å². The molecule has 1 saturated heterocycles. The maximum atomic E-state index is 15.0. The molecule has 5 rings (SSSR count). The molecule has 13 heteroatoms. The van der Waals surface area contributed by atoms with Crippen molar-refractivity contribution in [1.29, 1.82) is 0 Å². The molecular weight excluding hydrogens is 584 g/mol. The van der Waals surface area contributed by atoms with E-state index in [2.05, 4.69) is 37.3 Å². The van der Waals surface area contributed by atoms with E-state index in [4.69, 9.17) is 0 Å². The van der Waals surface area contributed by atoms with Gasteiger partial charge in [-0.15, -0.1) is 18.3 Å². The first-order valence-electron chi connectivity index (χ1n) is 13.3. The maximum Gasteiger partial charge on any atom is 0.573 e. The molecule has 0 aliphatic carbocycles. The largest absolute Gasteiger partial charge is 0.573 e. The first kappa shape index (κ1) is 30.1. The number of hydrogen-bond acceptors (Lipinski definition) is 5. The van der Waals surface area contributed by atoms with E-state index in [1.165, 1.54) is 52.6 Å². The molecule has 43 heavy (non-hydrogen) atoms. The zero-order valence-electron chi connectivity index (χ0n) is 23.5. The number of hydrogen-bond donors (Lipinski definition) is 1. The number of amides is 2. The van der Waals surface area contributed by atoms with Crippen LogP contribution in [0.5, 0.6) is 5.75 Å². The summed E-state index contributed by atoms with van der Waals surface area (Å²) in [6.45, 7) is 6.60. The van der Waals surface area contributed by atoms with Crippen molar-refractivity contribution in [2.75, 3.05) is 23.7 Å². The topological polar surface area (TPSA) is 84.6 Å². The number of amidine groups is 1. The number of urea groups is 1. The third-order valence-electron chi connectivity index (χ3n) is 6.67. The predicted octanol–water partition coefficient (Wildman–Crippen LogP) is 7.09. The number of carbonyl (C=O) groups excluding carboxylic acids is 1. The summed E-state index contributed by atoms with van der Waals surface area (Å²) >= 11 is 1.49. The fourth-order valence-electron chi connectivity index (χ4n) is 4.88. The van der Waals surface area contributed by atoms with Gasteiger partial charge in [0.05, 0.1) is 12.2 Å². The number of rotatable bonds is 7. The van der Waals surface area contributed by atoms with Crippen LogP contribution in [0.25, 0.3) is 17.1 Å². The molecule has 1 aliphatic heterocycles. The summed E-state index contributed by atoms with van der Waals surface area (Å²) in [5.74, 6) is 0.801. The summed E-state index contributed by atoms with van der Waals surface area (Å²) in [4.78, 5) is 23.1. The van der Waals surface area contributed by atoms with Crippen molar-refractivity contribution in [2.45, 2.75) is 33.3 Å². The second kappa shape index (κ2) is 12.5. The highest BCUT2D eigenvalue weighted by molar-refractivity contribution is 8.14. The summed E-state index contributed by atoms with van der Waals surface area (Å²) < 4.78 is 57.4. The van der Waals surface area contributed by atoms with Crippen molar-refractivity contribution in [3.05, 3.63) is 89.2 Å². The van der Waals surface area contributed by atoms with E-state index in [0.29, 0.717) is 27.8 Å². The minimum absolute atomic E-state index is 0.247. The summed E-state index contributed by atoms with van der Waals surface area (Å²) in [7, 11) is 0. The summed E-state index contributed by atoms with van der Waals surface area (Å²) in [6, 6.07) is 15.3. The molecule has 1 unspecified atom stereocenters. The quantitative estimate of drug-likeness (QED) is 0.225. The van der Waals surface area contributed by atoms with Crippen LogP contribution in [0.1, 0.15) is 28.4 Å². The molecule has 1 aromatic heterocycles. The monoisotopic (exact) mass is 612 g/mol. The number of carbonyl (C=O) groups is 1. The molecule has 1 aliphatic rings. The molecule has 2 amide bonds. The lowest BCUT2D eigenvalue weighted by molar-refractivity contribution is -0.274. The number of anilines is 1. The number of aryl methyl sites for hydroxylation is 3. The molecule has 224 valence electrons. The highest BCUT2D eigenvalue weighted by Gasteiger charge is 2.31. The molecule has 0 bridgehead atoms. The second-order valence-electron chi connectivity index (χ2n) is 9.97. The minimum atomic E-state index is -4.77. The number of ether oxygens (including phenoxy) is 1. The van der Waals surface area contributed by atoms with Crippen LogP contribution in [0.2, 0.25) is 0 Å². The molecule has 1 fully saturated rings. The van der Waals surface area contributed by atoms with Crippen molar-refractivity contribution < 1.29 is 27.1 Å². The molecule has 1 N–H and O–H groups in total. The van der Waals surface area contributed by atoms with Gasteiger partial charge < -0.3 is 15.0 Å². The van der Waals surface area contributed by atoms with Gasteiger partial charge in [0.25, 0.3) is 0 Å². The second-order valence-corrected chi connectivity index (χ2v) is 11.0. The Morgan fingerprint density at radius 3 is 2.40 bits per heavy atom. The number of alkyl halides is 4. The van der Waals surface area contributed by atoms with E-state index < -0.39 is 18.6 Å². The van der Waals surface area contributed by atoms with E-state index in [-0.39, 0.29) is 12.3 Å². The van der Waals surface area contributed by atoms with Crippen molar-refractivity contribution in [3.63, 3.8) is 0 Å². The number of halogens is 4. The Hall–Kier alpha value is -4.39. The third-order valence-corrected chi connectivity index (χ3v) is 7.63. The zero-order valence-corrected chi connectivity index (χ0v) is 24.3. The molecule has 1 atom stereocenters. The standard InChI is InChI=1S/C30H28F4N6O2S/c1-18-14-19(2)26(20(3)15-18)39-12-13-43-29(39)37-28(41)35-16-25(31)21-4-6-22(7-5-21)27-36-17-40(38-27)23-8-10-24(11-9-23)42-30(32,33)34/h4-11,14-15,17,25H,12-13,16H2,1-3H3,(H,35,41)/b37-29-. The van der Waals surface area contributed by atoms with Crippen LogP contribution in [0.4, 0.5) is 28.0 Å². The fourth-order valence-corrected chi connectivity index (χ4v) is 5.82. The smallest absolute Gasteiger partial charge is 0.406 e. The number of benzene rings is 3. The average Bonchev–Trinajstić information content (AvgIpc) is 3.61. The molecule has 2 heterocycles. The predicted molar refractivity (Wildman–Crippen MR) is 159 cm³/mol. The van der Waals surface area contributed by atoms with Crippen molar-refractivity contribution >= 4 is 28.6 Å². The van der Waals surface area contributed by atoms with Crippen LogP contribution in [0.3, 0.4) is 0 Å². The minimum Gasteiger partial charge on any atom is -0.406 e. The van der Waals surface area contributed by atoms with Crippen LogP contribution in [-0.4, -0.2) is 51.2 Å². The molecule has 0 spiro atoms. The van der Waals surface area contributed by atoms with Gasteiger partial charge in [0, 0.05) is 23.5 Å². The van der Waals surface area contributed by atoms with Crippen LogP contribution in [0, 0.1) is 20.8 Å². The van der Waals surface area contributed by atoms with E-state index in [0.717, 1.165) is 29.1 Å². The van der Waals surface area contributed by atoms with E-state index in [1.54, 1.807) is 24.3 Å². The Morgan fingerprint density at radius 2 is 1.74 bits per heavy atom. The van der Waals surface area contributed by atoms with Gasteiger partial charge in [-0.2, -0.15) is 4.99 Å². The lowest BCUT2D eigenvalue weighted by atomic mass is 10.0. The summed E-state index contributed by atoms with van der Waals surface area (Å²) in [6.07, 6.45) is -4.82.